The van der Waals surface area contributed by atoms with Gasteiger partial charge in [-0.3, -0.25) is 9.69 Å². The minimum atomic E-state index is -0.860. The molecule has 1 aliphatic heterocycles. The van der Waals surface area contributed by atoms with Gasteiger partial charge in [0.2, 0.25) is 0 Å². The molecule has 0 bridgehead atoms. The zero-order valence-electron chi connectivity index (χ0n) is 15.3. The van der Waals surface area contributed by atoms with E-state index in [2.05, 4.69) is 4.90 Å². The smallest absolute Gasteiger partial charge is 0.185 e. The Balaban J connectivity index is 1.54. The van der Waals surface area contributed by atoms with Gasteiger partial charge in [-0.15, -0.1) is 0 Å². The fourth-order valence-electron chi connectivity index (χ4n) is 3.30. The summed E-state index contributed by atoms with van der Waals surface area (Å²) in [5, 5.41) is 11.6. The summed E-state index contributed by atoms with van der Waals surface area (Å²) < 4.78 is 12.9. The molecule has 1 heterocycles. The maximum Gasteiger partial charge on any atom is 0.185 e. The summed E-state index contributed by atoms with van der Waals surface area (Å²) in [5.74, 6) is -0.496. The molecule has 3 nitrogen and oxygen atoms in total. The Kier molecular flexibility index (Phi) is 6.10. The zero-order chi connectivity index (χ0) is 19.4. The Morgan fingerprint density at radius 3 is 2.52 bits per heavy atom. The van der Waals surface area contributed by atoms with Gasteiger partial charge in [0.05, 0.1) is 5.60 Å². The highest BCUT2D eigenvalue weighted by Gasteiger charge is 2.33. The number of piperidine rings is 1. The molecule has 27 heavy (non-hydrogen) atoms. The predicted molar refractivity (Wildman–Crippen MR) is 106 cm³/mol. The van der Waals surface area contributed by atoms with Crippen molar-refractivity contribution < 1.29 is 14.3 Å². The first kappa shape index (κ1) is 19.7. The van der Waals surface area contributed by atoms with Gasteiger partial charge in [0.1, 0.15) is 5.82 Å². The van der Waals surface area contributed by atoms with Crippen molar-refractivity contribution in [3.8, 4) is 0 Å². The Morgan fingerprint density at radius 1 is 1.22 bits per heavy atom. The van der Waals surface area contributed by atoms with Crippen molar-refractivity contribution in [2.45, 2.75) is 25.4 Å². The van der Waals surface area contributed by atoms with Crippen LogP contribution in [-0.2, 0) is 5.60 Å². The van der Waals surface area contributed by atoms with Crippen LogP contribution in [0.15, 0.2) is 54.6 Å². The van der Waals surface area contributed by atoms with Crippen LogP contribution in [0.5, 0.6) is 0 Å². The van der Waals surface area contributed by atoms with E-state index >= 15 is 0 Å². The van der Waals surface area contributed by atoms with Crippen molar-refractivity contribution in [2.24, 2.45) is 0 Å². The number of hydrogen-bond donors (Lipinski definition) is 1. The minimum absolute atomic E-state index is 0.141. The SMILES string of the molecule is Cc1ccc(C2(O)CCN(CC=CC(=O)c3ccc(F)cc3)CC2)cc1Cl. The summed E-state index contributed by atoms with van der Waals surface area (Å²) in [7, 11) is 0. The third-order valence-corrected chi connectivity index (χ3v) is 5.56. The number of carbonyl (C=O) groups excluding carboxylic acids is 1. The molecule has 0 amide bonds. The highest BCUT2D eigenvalue weighted by Crippen LogP contribution is 2.34. The summed E-state index contributed by atoms with van der Waals surface area (Å²) >= 11 is 6.20. The summed E-state index contributed by atoms with van der Waals surface area (Å²) in [4.78, 5) is 14.3. The van der Waals surface area contributed by atoms with Crippen molar-refractivity contribution in [1.82, 2.24) is 4.90 Å². The number of benzene rings is 2. The van der Waals surface area contributed by atoms with E-state index in [0.717, 1.165) is 24.2 Å². The van der Waals surface area contributed by atoms with Gasteiger partial charge in [0.15, 0.2) is 5.78 Å². The third kappa shape index (κ3) is 4.83. The average molecular weight is 388 g/mol. The van der Waals surface area contributed by atoms with Gasteiger partial charge in [0.25, 0.3) is 0 Å². The molecule has 1 saturated heterocycles. The quantitative estimate of drug-likeness (QED) is 0.606. The second-order valence-corrected chi connectivity index (χ2v) is 7.48. The molecule has 1 fully saturated rings. The maximum absolute atomic E-state index is 12.9. The number of hydrogen-bond acceptors (Lipinski definition) is 3. The highest BCUT2D eigenvalue weighted by molar-refractivity contribution is 6.31. The van der Waals surface area contributed by atoms with Crippen molar-refractivity contribution in [2.75, 3.05) is 19.6 Å². The second kappa shape index (κ2) is 8.34. The maximum atomic E-state index is 12.9. The van der Waals surface area contributed by atoms with E-state index in [0.29, 0.717) is 30.0 Å². The number of ketones is 1. The number of likely N-dealkylation sites (tertiary alicyclic amines) is 1. The monoisotopic (exact) mass is 387 g/mol. The molecule has 0 saturated carbocycles. The molecule has 0 unspecified atom stereocenters. The second-order valence-electron chi connectivity index (χ2n) is 7.07. The number of aryl methyl sites for hydroxylation is 1. The zero-order valence-corrected chi connectivity index (χ0v) is 16.0. The van der Waals surface area contributed by atoms with Gasteiger partial charge in [-0.25, -0.2) is 4.39 Å². The average Bonchev–Trinajstić information content (AvgIpc) is 2.66. The minimum Gasteiger partial charge on any atom is -0.385 e. The van der Waals surface area contributed by atoms with E-state index in [1.54, 1.807) is 0 Å². The summed E-state index contributed by atoms with van der Waals surface area (Å²) in [6.07, 6.45) is 4.57. The first-order valence-corrected chi connectivity index (χ1v) is 9.43. The van der Waals surface area contributed by atoms with E-state index in [1.807, 2.05) is 31.2 Å². The molecule has 2 aromatic carbocycles. The summed E-state index contributed by atoms with van der Waals surface area (Å²) in [6, 6.07) is 11.3. The first-order chi connectivity index (χ1) is 12.9. The topological polar surface area (TPSA) is 40.5 Å². The molecule has 1 N–H and O–H groups in total. The van der Waals surface area contributed by atoms with Gasteiger partial charge in [-0.2, -0.15) is 0 Å². The van der Waals surface area contributed by atoms with Crippen LogP contribution in [0.25, 0.3) is 0 Å². The van der Waals surface area contributed by atoms with Crippen LogP contribution in [-0.4, -0.2) is 35.4 Å². The molecule has 2 aromatic rings. The molecule has 0 aliphatic carbocycles. The van der Waals surface area contributed by atoms with Gasteiger partial charge in [0, 0.05) is 30.2 Å². The normalized spacial score (nSPS) is 17.3. The number of halogens is 2. The van der Waals surface area contributed by atoms with E-state index in [4.69, 9.17) is 11.6 Å². The van der Waals surface area contributed by atoms with Crippen molar-refractivity contribution in [1.29, 1.82) is 0 Å². The molecule has 0 atom stereocenters. The number of allylic oxidation sites excluding steroid dienone is 1. The molecule has 142 valence electrons. The van der Waals surface area contributed by atoms with Crippen LogP contribution in [0.3, 0.4) is 0 Å². The lowest BCUT2D eigenvalue weighted by atomic mass is 9.84. The fraction of sp³-hybridized carbons (Fsp3) is 0.318. The van der Waals surface area contributed by atoms with Gasteiger partial charge >= 0.3 is 0 Å². The summed E-state index contributed by atoms with van der Waals surface area (Å²) in [5.41, 5.74) is 1.47. The van der Waals surface area contributed by atoms with Gasteiger partial charge < -0.3 is 5.11 Å². The van der Waals surface area contributed by atoms with Crippen LogP contribution in [0.2, 0.25) is 5.02 Å². The third-order valence-electron chi connectivity index (χ3n) is 5.15. The number of aliphatic hydroxyl groups is 1. The number of nitrogens with zero attached hydrogens (tertiary/aromatic N) is 1. The molecule has 5 heteroatoms. The van der Waals surface area contributed by atoms with Crippen molar-refractivity contribution >= 4 is 17.4 Å². The Hall–Kier alpha value is -2.01. The molecular formula is C22H23ClFNO2. The lowest BCUT2D eigenvalue weighted by molar-refractivity contribution is -0.0234. The van der Waals surface area contributed by atoms with E-state index in [-0.39, 0.29) is 11.6 Å². The predicted octanol–water partition coefficient (Wildman–Crippen LogP) is 4.51. The lowest BCUT2D eigenvalue weighted by Gasteiger charge is -2.38. The number of carbonyl (C=O) groups is 1. The van der Waals surface area contributed by atoms with Gasteiger partial charge in [-0.05, 0) is 67.3 Å². The Morgan fingerprint density at radius 2 is 1.89 bits per heavy atom. The largest absolute Gasteiger partial charge is 0.385 e. The fourth-order valence-corrected chi connectivity index (χ4v) is 3.48. The lowest BCUT2D eigenvalue weighted by Crippen LogP contribution is -2.42. The van der Waals surface area contributed by atoms with Crippen molar-refractivity contribution in [3.63, 3.8) is 0 Å². The van der Waals surface area contributed by atoms with Crippen LogP contribution >= 0.6 is 11.6 Å². The Bertz CT molecular complexity index is 840. The van der Waals surface area contributed by atoms with Crippen LogP contribution < -0.4 is 0 Å². The molecule has 0 spiro atoms. The molecule has 0 radical (unpaired) electrons. The number of rotatable bonds is 5. The Labute approximate surface area is 164 Å². The highest BCUT2D eigenvalue weighted by atomic mass is 35.5. The first-order valence-electron chi connectivity index (χ1n) is 9.05. The van der Waals surface area contributed by atoms with E-state index < -0.39 is 5.60 Å². The van der Waals surface area contributed by atoms with E-state index in [9.17, 15) is 14.3 Å². The van der Waals surface area contributed by atoms with E-state index in [1.165, 1.54) is 30.3 Å². The van der Waals surface area contributed by atoms with Crippen LogP contribution in [0.4, 0.5) is 4.39 Å². The molecule has 0 aromatic heterocycles. The summed E-state index contributed by atoms with van der Waals surface area (Å²) in [6.45, 7) is 4.05. The van der Waals surface area contributed by atoms with Crippen molar-refractivity contribution in [3.05, 3.63) is 82.1 Å². The molecule has 1 aliphatic rings. The van der Waals surface area contributed by atoms with Crippen LogP contribution in [0.1, 0.15) is 34.3 Å². The molecular weight excluding hydrogens is 365 g/mol. The standard InChI is InChI=1S/C22H23ClFNO2/c1-16-4-7-18(15-20(16)23)22(27)10-13-25(14-11-22)12-2-3-21(26)17-5-8-19(24)9-6-17/h2-9,15,27H,10-14H2,1H3. The van der Waals surface area contributed by atoms with Crippen LogP contribution in [0, 0.1) is 12.7 Å². The molecule has 3 rings (SSSR count). The van der Waals surface area contributed by atoms with Gasteiger partial charge in [-0.1, -0.05) is 29.8 Å².